The fourth-order valence-electron chi connectivity index (χ4n) is 1.50. The third-order valence-electron chi connectivity index (χ3n) is 2.83. The van der Waals surface area contributed by atoms with Crippen molar-refractivity contribution in [3.05, 3.63) is 0 Å². The molecule has 1 fully saturated rings. The molecular formula is C8H16ClNO2S. The maximum atomic E-state index is 10.6. The van der Waals surface area contributed by atoms with E-state index in [9.17, 15) is 4.79 Å². The molecule has 1 aliphatic carbocycles. The van der Waals surface area contributed by atoms with Gasteiger partial charge in [-0.15, -0.1) is 12.4 Å². The molecule has 3 nitrogen and oxygen atoms in total. The molecule has 2 atom stereocenters. The van der Waals surface area contributed by atoms with E-state index in [1.807, 2.05) is 6.92 Å². The van der Waals surface area contributed by atoms with Crippen LogP contribution in [0, 0.1) is 5.92 Å². The summed E-state index contributed by atoms with van der Waals surface area (Å²) in [6, 6.07) is -0.855. The number of thiol groups is 1. The topological polar surface area (TPSA) is 63.3 Å². The fourth-order valence-corrected chi connectivity index (χ4v) is 1.87. The van der Waals surface area contributed by atoms with Crippen LogP contribution in [0.25, 0.3) is 0 Å². The second-order valence-corrected chi connectivity index (χ2v) is 4.63. The number of hydrogen-bond acceptors (Lipinski definition) is 3. The Bertz CT molecular complexity index is 195. The standard InChI is InChI=1S/C8H15NO2S.ClH/c1-8(12,5-3-2-4-5)6(9)7(10)11;/h5-6,12H,2-4,9H2,1H3,(H,10,11);1H. The Labute approximate surface area is 89.9 Å². The highest BCUT2D eigenvalue weighted by Gasteiger charge is 2.42. The summed E-state index contributed by atoms with van der Waals surface area (Å²) < 4.78 is -0.552. The van der Waals surface area contributed by atoms with Crippen molar-refractivity contribution in [3.8, 4) is 0 Å². The summed E-state index contributed by atoms with van der Waals surface area (Å²) in [5.41, 5.74) is 5.53. The van der Waals surface area contributed by atoms with Gasteiger partial charge in [-0.25, -0.2) is 0 Å². The minimum absolute atomic E-state index is 0. The molecule has 3 N–H and O–H groups in total. The highest BCUT2D eigenvalue weighted by atomic mass is 35.5. The second kappa shape index (κ2) is 4.53. The van der Waals surface area contributed by atoms with Gasteiger partial charge in [-0.05, 0) is 25.7 Å². The van der Waals surface area contributed by atoms with Gasteiger partial charge in [-0.1, -0.05) is 6.42 Å². The Morgan fingerprint density at radius 1 is 1.69 bits per heavy atom. The average Bonchev–Trinajstić information content (AvgIpc) is 1.80. The van der Waals surface area contributed by atoms with E-state index in [1.165, 1.54) is 6.42 Å². The molecule has 78 valence electrons. The monoisotopic (exact) mass is 225 g/mol. The molecule has 13 heavy (non-hydrogen) atoms. The van der Waals surface area contributed by atoms with Gasteiger partial charge < -0.3 is 10.8 Å². The third kappa shape index (κ3) is 2.51. The molecule has 0 aromatic heterocycles. The van der Waals surface area contributed by atoms with Crippen molar-refractivity contribution < 1.29 is 9.90 Å². The van der Waals surface area contributed by atoms with Gasteiger partial charge in [0, 0.05) is 4.75 Å². The first-order chi connectivity index (χ1) is 5.46. The smallest absolute Gasteiger partial charge is 0.321 e. The quantitative estimate of drug-likeness (QED) is 0.635. The maximum absolute atomic E-state index is 10.6. The number of hydrogen-bond donors (Lipinski definition) is 3. The molecular weight excluding hydrogens is 210 g/mol. The van der Waals surface area contributed by atoms with Crippen LogP contribution in [0.4, 0.5) is 0 Å². The van der Waals surface area contributed by atoms with Crippen molar-refractivity contribution in [1.29, 1.82) is 0 Å². The van der Waals surface area contributed by atoms with E-state index >= 15 is 0 Å². The van der Waals surface area contributed by atoms with E-state index in [1.54, 1.807) is 0 Å². The minimum atomic E-state index is -0.959. The Hall–Kier alpha value is 0.0700. The lowest BCUT2D eigenvalue weighted by Crippen LogP contribution is -2.53. The lowest BCUT2D eigenvalue weighted by atomic mass is 9.73. The summed E-state index contributed by atoms with van der Waals surface area (Å²) in [5, 5.41) is 8.71. The number of carboxylic acids is 1. The lowest BCUT2D eigenvalue weighted by molar-refractivity contribution is -0.139. The van der Waals surface area contributed by atoms with Gasteiger partial charge in [0.1, 0.15) is 6.04 Å². The van der Waals surface area contributed by atoms with Gasteiger partial charge in [-0.3, -0.25) is 4.79 Å². The SMILES string of the molecule is CC(S)(C1CCC1)C(N)C(=O)O.Cl. The molecule has 0 aromatic carbocycles. The van der Waals surface area contributed by atoms with Crippen LogP contribution in [0.3, 0.4) is 0 Å². The zero-order valence-electron chi connectivity index (χ0n) is 7.56. The fraction of sp³-hybridized carbons (Fsp3) is 0.875. The van der Waals surface area contributed by atoms with E-state index in [2.05, 4.69) is 12.6 Å². The van der Waals surface area contributed by atoms with Crippen LogP contribution in [0.1, 0.15) is 26.2 Å². The van der Waals surface area contributed by atoms with Gasteiger partial charge in [0.05, 0.1) is 0 Å². The first-order valence-electron chi connectivity index (χ1n) is 4.17. The summed E-state index contributed by atoms with van der Waals surface area (Å²) in [4.78, 5) is 10.6. The van der Waals surface area contributed by atoms with E-state index in [4.69, 9.17) is 10.8 Å². The van der Waals surface area contributed by atoms with Crippen molar-refractivity contribution in [3.63, 3.8) is 0 Å². The maximum Gasteiger partial charge on any atom is 0.321 e. The highest BCUT2D eigenvalue weighted by molar-refractivity contribution is 7.81. The summed E-state index contributed by atoms with van der Waals surface area (Å²) >= 11 is 4.34. The molecule has 1 aliphatic rings. The molecule has 2 unspecified atom stereocenters. The Balaban J connectivity index is 0.00000144. The molecule has 5 heteroatoms. The van der Waals surface area contributed by atoms with Gasteiger partial charge in [0.25, 0.3) is 0 Å². The molecule has 0 bridgehead atoms. The highest BCUT2D eigenvalue weighted by Crippen LogP contribution is 2.41. The van der Waals surface area contributed by atoms with Gasteiger partial charge in [0.15, 0.2) is 0 Å². The lowest BCUT2D eigenvalue weighted by Gasteiger charge is -2.41. The molecule has 1 saturated carbocycles. The molecule has 0 aliphatic heterocycles. The Morgan fingerprint density at radius 2 is 2.15 bits per heavy atom. The Kier molecular flexibility index (Phi) is 4.55. The van der Waals surface area contributed by atoms with Crippen molar-refractivity contribution >= 4 is 31.0 Å². The van der Waals surface area contributed by atoms with Crippen LogP contribution in [0.2, 0.25) is 0 Å². The molecule has 0 spiro atoms. The second-order valence-electron chi connectivity index (χ2n) is 3.67. The Morgan fingerprint density at radius 3 is 2.38 bits per heavy atom. The van der Waals surface area contributed by atoms with E-state index in [0.29, 0.717) is 5.92 Å². The van der Waals surface area contributed by atoms with E-state index < -0.39 is 16.8 Å². The number of carboxylic acid groups (broad SMARTS) is 1. The molecule has 0 saturated heterocycles. The van der Waals surface area contributed by atoms with Crippen molar-refractivity contribution in [2.24, 2.45) is 11.7 Å². The summed E-state index contributed by atoms with van der Waals surface area (Å²) in [6.45, 7) is 1.82. The first-order valence-corrected chi connectivity index (χ1v) is 4.61. The van der Waals surface area contributed by atoms with Gasteiger partial charge in [0.2, 0.25) is 0 Å². The molecule has 0 amide bonds. The summed E-state index contributed by atoms with van der Waals surface area (Å²) in [6.07, 6.45) is 3.29. The zero-order chi connectivity index (χ0) is 9.35. The van der Waals surface area contributed by atoms with Crippen LogP contribution in [0.5, 0.6) is 0 Å². The van der Waals surface area contributed by atoms with Crippen molar-refractivity contribution in [1.82, 2.24) is 0 Å². The average molecular weight is 226 g/mol. The van der Waals surface area contributed by atoms with Crippen LogP contribution in [-0.2, 0) is 4.79 Å². The number of carbonyl (C=O) groups is 1. The van der Waals surface area contributed by atoms with Gasteiger partial charge in [-0.2, -0.15) is 12.6 Å². The normalized spacial score (nSPS) is 23.6. The van der Waals surface area contributed by atoms with Crippen LogP contribution in [-0.4, -0.2) is 21.9 Å². The van der Waals surface area contributed by atoms with E-state index in [0.717, 1.165) is 12.8 Å². The summed E-state index contributed by atoms with van der Waals surface area (Å²) in [5.74, 6) is -0.591. The first kappa shape index (κ1) is 13.1. The van der Waals surface area contributed by atoms with Crippen LogP contribution >= 0.6 is 25.0 Å². The van der Waals surface area contributed by atoms with Crippen molar-refractivity contribution in [2.45, 2.75) is 37.0 Å². The predicted octanol–water partition coefficient (Wildman–Crippen LogP) is 1.31. The minimum Gasteiger partial charge on any atom is -0.480 e. The third-order valence-corrected chi connectivity index (χ3v) is 3.47. The number of halogens is 1. The number of aliphatic carboxylic acids is 1. The molecule has 0 heterocycles. The molecule has 0 radical (unpaired) electrons. The van der Waals surface area contributed by atoms with E-state index in [-0.39, 0.29) is 12.4 Å². The number of nitrogens with two attached hydrogens (primary N) is 1. The molecule has 0 aromatic rings. The predicted molar refractivity (Wildman–Crippen MR) is 57.6 cm³/mol. The molecule has 1 rings (SSSR count). The van der Waals surface area contributed by atoms with Crippen molar-refractivity contribution in [2.75, 3.05) is 0 Å². The van der Waals surface area contributed by atoms with Crippen LogP contribution < -0.4 is 5.73 Å². The van der Waals surface area contributed by atoms with Crippen LogP contribution in [0.15, 0.2) is 0 Å². The zero-order valence-corrected chi connectivity index (χ0v) is 9.28. The number of rotatable bonds is 3. The summed E-state index contributed by atoms with van der Waals surface area (Å²) in [7, 11) is 0. The largest absolute Gasteiger partial charge is 0.480 e. The van der Waals surface area contributed by atoms with Gasteiger partial charge >= 0.3 is 5.97 Å².